The minimum Gasteiger partial charge on any atom is -0.481 e. The highest BCUT2D eigenvalue weighted by Gasteiger charge is 2.01. The molecule has 74 valence electrons. The SMILES string of the molecule is COc1ccc(NC(C)CC#N)cn1. The quantitative estimate of drug-likeness (QED) is 0.788. The highest BCUT2D eigenvalue weighted by Crippen LogP contribution is 2.12. The van der Waals surface area contributed by atoms with Crippen LogP contribution < -0.4 is 10.1 Å². The predicted molar refractivity (Wildman–Crippen MR) is 54.1 cm³/mol. The zero-order valence-corrected chi connectivity index (χ0v) is 8.32. The summed E-state index contributed by atoms with van der Waals surface area (Å²) in [5.41, 5.74) is 0.897. The molecule has 1 rings (SSSR count). The largest absolute Gasteiger partial charge is 0.481 e. The van der Waals surface area contributed by atoms with E-state index in [0.29, 0.717) is 12.3 Å². The van der Waals surface area contributed by atoms with Gasteiger partial charge < -0.3 is 10.1 Å². The lowest BCUT2D eigenvalue weighted by Crippen LogP contribution is -2.13. The van der Waals surface area contributed by atoms with Gasteiger partial charge in [0, 0.05) is 12.1 Å². The molecule has 1 heterocycles. The molecule has 0 fully saturated rings. The zero-order chi connectivity index (χ0) is 10.4. The van der Waals surface area contributed by atoms with Crippen LogP contribution in [0.3, 0.4) is 0 Å². The summed E-state index contributed by atoms with van der Waals surface area (Å²) in [4.78, 5) is 4.04. The van der Waals surface area contributed by atoms with Crippen LogP contribution in [-0.2, 0) is 0 Å². The number of pyridine rings is 1. The van der Waals surface area contributed by atoms with Crippen LogP contribution in [-0.4, -0.2) is 18.1 Å². The van der Waals surface area contributed by atoms with Crippen LogP contribution >= 0.6 is 0 Å². The average molecular weight is 191 g/mol. The predicted octanol–water partition coefficient (Wildman–Crippen LogP) is 1.80. The number of hydrogen-bond donors (Lipinski definition) is 1. The second-order valence-electron chi connectivity index (χ2n) is 3.00. The van der Waals surface area contributed by atoms with Crippen molar-refractivity contribution in [2.24, 2.45) is 0 Å². The first kappa shape index (κ1) is 10.3. The summed E-state index contributed by atoms with van der Waals surface area (Å²) < 4.78 is 4.93. The standard InChI is InChI=1S/C10H13N3O/c1-8(5-6-11)13-9-3-4-10(14-2)12-7-9/h3-4,7-8,13H,5H2,1-2H3. The van der Waals surface area contributed by atoms with Crippen molar-refractivity contribution in [3.05, 3.63) is 18.3 Å². The van der Waals surface area contributed by atoms with Crippen molar-refractivity contribution in [3.63, 3.8) is 0 Å². The lowest BCUT2D eigenvalue weighted by molar-refractivity contribution is 0.398. The third-order valence-electron chi connectivity index (χ3n) is 1.76. The van der Waals surface area contributed by atoms with Crippen molar-refractivity contribution in [2.45, 2.75) is 19.4 Å². The van der Waals surface area contributed by atoms with Gasteiger partial charge in [-0.05, 0) is 13.0 Å². The Morgan fingerprint density at radius 1 is 1.64 bits per heavy atom. The van der Waals surface area contributed by atoms with E-state index in [1.807, 2.05) is 13.0 Å². The maximum absolute atomic E-state index is 8.47. The van der Waals surface area contributed by atoms with Crippen molar-refractivity contribution >= 4 is 5.69 Å². The Morgan fingerprint density at radius 3 is 2.93 bits per heavy atom. The number of methoxy groups -OCH3 is 1. The van der Waals surface area contributed by atoms with Crippen LogP contribution in [0.15, 0.2) is 18.3 Å². The summed E-state index contributed by atoms with van der Waals surface area (Å²) in [6.45, 7) is 1.95. The molecule has 14 heavy (non-hydrogen) atoms. The van der Waals surface area contributed by atoms with Gasteiger partial charge in [0.05, 0.1) is 31.5 Å². The van der Waals surface area contributed by atoms with Crippen LogP contribution in [0.2, 0.25) is 0 Å². The van der Waals surface area contributed by atoms with Crippen LogP contribution in [0, 0.1) is 11.3 Å². The molecule has 0 aliphatic carbocycles. The number of aromatic nitrogens is 1. The van der Waals surface area contributed by atoms with Gasteiger partial charge in [-0.15, -0.1) is 0 Å². The van der Waals surface area contributed by atoms with Gasteiger partial charge in [-0.2, -0.15) is 5.26 Å². The van der Waals surface area contributed by atoms with E-state index >= 15 is 0 Å². The third kappa shape index (κ3) is 2.94. The molecule has 1 unspecified atom stereocenters. The van der Waals surface area contributed by atoms with E-state index in [0.717, 1.165) is 5.69 Å². The molecule has 0 aromatic carbocycles. The minimum absolute atomic E-state index is 0.134. The summed E-state index contributed by atoms with van der Waals surface area (Å²) >= 11 is 0. The fourth-order valence-electron chi connectivity index (χ4n) is 1.06. The topological polar surface area (TPSA) is 57.9 Å². The summed E-state index contributed by atoms with van der Waals surface area (Å²) in [6.07, 6.45) is 2.17. The smallest absolute Gasteiger partial charge is 0.213 e. The van der Waals surface area contributed by atoms with Crippen molar-refractivity contribution in [1.82, 2.24) is 4.98 Å². The molecule has 0 saturated carbocycles. The molecule has 0 saturated heterocycles. The van der Waals surface area contributed by atoms with Gasteiger partial charge in [-0.25, -0.2) is 4.98 Å². The molecule has 0 aliphatic rings. The van der Waals surface area contributed by atoms with E-state index in [2.05, 4.69) is 16.4 Å². The molecule has 0 bridgehead atoms. The molecule has 1 atom stereocenters. The maximum Gasteiger partial charge on any atom is 0.213 e. The van der Waals surface area contributed by atoms with Gasteiger partial charge in [-0.1, -0.05) is 0 Å². The first-order valence-electron chi connectivity index (χ1n) is 4.39. The molecule has 0 amide bonds. The molecule has 1 aromatic rings. The lowest BCUT2D eigenvalue weighted by Gasteiger charge is -2.11. The molecule has 4 heteroatoms. The first-order chi connectivity index (χ1) is 6.76. The Bertz CT molecular complexity index is 315. The van der Waals surface area contributed by atoms with Crippen LogP contribution in [0.4, 0.5) is 5.69 Å². The Labute approximate surface area is 83.5 Å². The molecule has 1 aromatic heterocycles. The van der Waals surface area contributed by atoms with Gasteiger partial charge in [0.25, 0.3) is 0 Å². The summed E-state index contributed by atoms with van der Waals surface area (Å²) in [6, 6.07) is 5.89. The van der Waals surface area contributed by atoms with Crippen LogP contribution in [0.25, 0.3) is 0 Å². The number of ether oxygens (including phenoxy) is 1. The molecule has 1 N–H and O–H groups in total. The number of nitrogens with zero attached hydrogens (tertiary/aromatic N) is 2. The molecule has 0 spiro atoms. The Balaban J connectivity index is 2.56. The van der Waals surface area contributed by atoms with E-state index in [9.17, 15) is 0 Å². The average Bonchev–Trinajstić information content (AvgIpc) is 2.19. The summed E-state index contributed by atoms with van der Waals surface area (Å²) in [5.74, 6) is 0.587. The number of nitrogens with one attached hydrogen (secondary N) is 1. The summed E-state index contributed by atoms with van der Waals surface area (Å²) in [5, 5.41) is 11.6. The van der Waals surface area contributed by atoms with Gasteiger partial charge in [0.15, 0.2) is 0 Å². The molecular formula is C10H13N3O. The second-order valence-corrected chi connectivity index (χ2v) is 3.00. The van der Waals surface area contributed by atoms with E-state index in [1.165, 1.54) is 0 Å². The Morgan fingerprint density at radius 2 is 2.43 bits per heavy atom. The summed E-state index contributed by atoms with van der Waals surface area (Å²) in [7, 11) is 1.58. The molecule has 0 aliphatic heterocycles. The highest BCUT2D eigenvalue weighted by molar-refractivity contribution is 5.42. The number of nitriles is 1. The molecule has 4 nitrogen and oxygen atoms in total. The normalized spacial score (nSPS) is 11.5. The van der Waals surface area contributed by atoms with Gasteiger partial charge >= 0.3 is 0 Å². The lowest BCUT2D eigenvalue weighted by atomic mass is 10.2. The van der Waals surface area contributed by atoms with Crippen molar-refractivity contribution in [2.75, 3.05) is 12.4 Å². The first-order valence-corrected chi connectivity index (χ1v) is 4.39. The second kappa shape index (κ2) is 5.07. The monoisotopic (exact) mass is 191 g/mol. The highest BCUT2D eigenvalue weighted by atomic mass is 16.5. The van der Waals surface area contributed by atoms with Crippen LogP contribution in [0.5, 0.6) is 5.88 Å². The number of hydrogen-bond acceptors (Lipinski definition) is 4. The van der Waals surface area contributed by atoms with Crippen molar-refractivity contribution in [1.29, 1.82) is 5.26 Å². The van der Waals surface area contributed by atoms with E-state index in [4.69, 9.17) is 10.00 Å². The van der Waals surface area contributed by atoms with E-state index in [1.54, 1.807) is 19.4 Å². The molecule has 0 radical (unpaired) electrons. The van der Waals surface area contributed by atoms with Gasteiger partial charge in [0.2, 0.25) is 5.88 Å². The zero-order valence-electron chi connectivity index (χ0n) is 8.32. The van der Waals surface area contributed by atoms with E-state index in [-0.39, 0.29) is 6.04 Å². The fraction of sp³-hybridized carbons (Fsp3) is 0.400. The van der Waals surface area contributed by atoms with Crippen molar-refractivity contribution < 1.29 is 4.74 Å². The third-order valence-corrected chi connectivity index (χ3v) is 1.76. The minimum atomic E-state index is 0.134. The maximum atomic E-state index is 8.47. The molecular weight excluding hydrogens is 178 g/mol. The number of anilines is 1. The van der Waals surface area contributed by atoms with Crippen molar-refractivity contribution in [3.8, 4) is 11.9 Å². The number of rotatable bonds is 4. The fourth-order valence-corrected chi connectivity index (χ4v) is 1.06. The van der Waals surface area contributed by atoms with E-state index < -0.39 is 0 Å². The Hall–Kier alpha value is -1.76. The Kier molecular flexibility index (Phi) is 3.74. The van der Waals surface area contributed by atoms with Crippen LogP contribution in [0.1, 0.15) is 13.3 Å². The van der Waals surface area contributed by atoms with Gasteiger partial charge in [-0.3, -0.25) is 0 Å². The van der Waals surface area contributed by atoms with Gasteiger partial charge in [0.1, 0.15) is 0 Å².